The lowest BCUT2D eigenvalue weighted by Gasteiger charge is -2.04. The molecule has 0 saturated carbocycles. The molecule has 130 valence electrons. The van der Waals surface area contributed by atoms with Crippen molar-refractivity contribution in [3.8, 4) is 5.75 Å². The van der Waals surface area contributed by atoms with E-state index >= 15 is 0 Å². The zero-order valence-electron chi connectivity index (χ0n) is 13.2. The number of thiazole rings is 1. The van der Waals surface area contributed by atoms with Gasteiger partial charge < -0.3 is 10.1 Å². The van der Waals surface area contributed by atoms with Gasteiger partial charge >= 0.3 is 0 Å². The molecule has 0 saturated heterocycles. The first kappa shape index (κ1) is 17.6. The van der Waals surface area contributed by atoms with Gasteiger partial charge in [-0.05, 0) is 37.3 Å². The molecule has 25 heavy (non-hydrogen) atoms. The second-order valence-corrected chi connectivity index (χ2v) is 7.26. The molecule has 3 rings (SSSR count). The molecule has 1 N–H and O–H groups in total. The highest BCUT2D eigenvalue weighted by molar-refractivity contribution is 8.01. The van der Waals surface area contributed by atoms with Crippen LogP contribution in [0.3, 0.4) is 0 Å². The number of benzene rings is 2. The minimum Gasteiger partial charge on any atom is -0.494 e. The fraction of sp³-hybridized carbons (Fsp3) is 0.176. The first-order chi connectivity index (χ1) is 12.0. The van der Waals surface area contributed by atoms with Crippen molar-refractivity contribution < 1.29 is 18.3 Å². The van der Waals surface area contributed by atoms with Crippen LogP contribution in [0.2, 0.25) is 0 Å². The van der Waals surface area contributed by atoms with Crippen LogP contribution in [0, 0.1) is 11.6 Å². The van der Waals surface area contributed by atoms with Gasteiger partial charge in [0.15, 0.2) is 16.0 Å². The number of hydrogen-bond acceptors (Lipinski definition) is 5. The van der Waals surface area contributed by atoms with Gasteiger partial charge in [-0.25, -0.2) is 13.8 Å². The summed E-state index contributed by atoms with van der Waals surface area (Å²) < 4.78 is 33.2. The van der Waals surface area contributed by atoms with Crippen molar-refractivity contribution in [3.05, 3.63) is 48.0 Å². The van der Waals surface area contributed by atoms with Crippen molar-refractivity contribution >= 4 is 44.9 Å². The zero-order chi connectivity index (χ0) is 17.8. The molecule has 0 fully saturated rings. The third-order valence-corrected chi connectivity index (χ3v) is 5.34. The van der Waals surface area contributed by atoms with E-state index in [0.29, 0.717) is 6.61 Å². The van der Waals surface area contributed by atoms with Crippen molar-refractivity contribution in [3.63, 3.8) is 0 Å². The molecule has 1 amide bonds. The molecule has 1 heterocycles. The van der Waals surface area contributed by atoms with Crippen molar-refractivity contribution in [2.45, 2.75) is 11.3 Å². The number of nitrogens with zero attached hydrogens (tertiary/aromatic N) is 1. The molecule has 0 spiro atoms. The van der Waals surface area contributed by atoms with Crippen LogP contribution in [0.25, 0.3) is 10.2 Å². The van der Waals surface area contributed by atoms with E-state index in [2.05, 4.69) is 10.3 Å². The number of anilines is 1. The average molecular weight is 380 g/mol. The largest absolute Gasteiger partial charge is 0.494 e. The van der Waals surface area contributed by atoms with Crippen LogP contribution in [0.5, 0.6) is 5.75 Å². The first-order valence-electron chi connectivity index (χ1n) is 7.46. The Hall–Kier alpha value is -2.19. The molecular formula is C17H14F2N2O2S2. The SMILES string of the molecule is CCOc1ccc2nc(SCC(=O)Nc3ccc(F)c(F)c3)sc2c1. The Morgan fingerprint density at radius 3 is 2.84 bits per heavy atom. The van der Waals surface area contributed by atoms with E-state index in [4.69, 9.17) is 4.74 Å². The Morgan fingerprint density at radius 1 is 1.24 bits per heavy atom. The van der Waals surface area contributed by atoms with E-state index in [1.165, 1.54) is 29.2 Å². The first-order valence-corrected chi connectivity index (χ1v) is 9.26. The summed E-state index contributed by atoms with van der Waals surface area (Å²) >= 11 is 2.76. The topological polar surface area (TPSA) is 51.2 Å². The van der Waals surface area contributed by atoms with Crippen LogP contribution in [-0.4, -0.2) is 23.3 Å². The van der Waals surface area contributed by atoms with Gasteiger partial charge in [0, 0.05) is 11.8 Å². The predicted octanol–water partition coefficient (Wildman–Crippen LogP) is 4.70. The Kier molecular flexibility index (Phi) is 5.50. The van der Waals surface area contributed by atoms with Crippen LogP contribution in [0.1, 0.15) is 6.92 Å². The molecule has 1 aromatic heterocycles. The lowest BCUT2D eigenvalue weighted by atomic mass is 10.3. The summed E-state index contributed by atoms with van der Waals surface area (Å²) in [4.78, 5) is 16.4. The third kappa shape index (κ3) is 4.46. The number of nitrogens with one attached hydrogen (secondary N) is 1. The fourth-order valence-electron chi connectivity index (χ4n) is 2.10. The molecule has 0 aliphatic rings. The van der Waals surface area contributed by atoms with Crippen molar-refractivity contribution in [1.82, 2.24) is 4.98 Å². The number of aromatic nitrogens is 1. The Balaban J connectivity index is 1.61. The zero-order valence-corrected chi connectivity index (χ0v) is 14.8. The van der Waals surface area contributed by atoms with Crippen molar-refractivity contribution in [2.75, 3.05) is 17.7 Å². The van der Waals surface area contributed by atoms with Gasteiger partial charge in [0.25, 0.3) is 0 Å². The van der Waals surface area contributed by atoms with E-state index < -0.39 is 11.6 Å². The number of halogens is 2. The second kappa shape index (κ2) is 7.79. The number of thioether (sulfide) groups is 1. The van der Waals surface area contributed by atoms with Crippen LogP contribution < -0.4 is 10.1 Å². The quantitative estimate of drug-likeness (QED) is 0.630. The molecule has 0 aliphatic heterocycles. The van der Waals surface area contributed by atoms with E-state index in [9.17, 15) is 13.6 Å². The van der Waals surface area contributed by atoms with Gasteiger partial charge in [0.1, 0.15) is 5.75 Å². The highest BCUT2D eigenvalue weighted by Crippen LogP contribution is 2.32. The lowest BCUT2D eigenvalue weighted by molar-refractivity contribution is -0.113. The standard InChI is InChI=1S/C17H14F2N2O2S2/c1-2-23-11-4-6-14-15(8-11)25-17(21-14)24-9-16(22)20-10-3-5-12(18)13(19)7-10/h3-8H,2,9H2,1H3,(H,20,22). The molecule has 0 atom stereocenters. The summed E-state index contributed by atoms with van der Waals surface area (Å²) in [6.45, 7) is 2.51. The molecule has 3 aromatic rings. The fourth-order valence-corrected chi connectivity index (χ4v) is 4.00. The summed E-state index contributed by atoms with van der Waals surface area (Å²) in [5.41, 5.74) is 1.06. The molecule has 2 aromatic carbocycles. The number of hydrogen-bond donors (Lipinski definition) is 1. The third-order valence-electron chi connectivity index (χ3n) is 3.18. The maximum atomic E-state index is 13.1. The molecule has 0 bridgehead atoms. The van der Waals surface area contributed by atoms with Gasteiger partial charge in [-0.1, -0.05) is 11.8 Å². The number of carbonyl (C=O) groups is 1. The smallest absolute Gasteiger partial charge is 0.234 e. The van der Waals surface area contributed by atoms with Crippen LogP contribution >= 0.6 is 23.1 Å². The minimum absolute atomic E-state index is 0.122. The maximum absolute atomic E-state index is 13.1. The monoisotopic (exact) mass is 380 g/mol. The Labute approximate surface area is 151 Å². The van der Waals surface area contributed by atoms with E-state index in [1.54, 1.807) is 0 Å². The van der Waals surface area contributed by atoms with Crippen LogP contribution in [0.15, 0.2) is 40.7 Å². The molecule has 4 nitrogen and oxygen atoms in total. The Bertz CT molecular complexity index is 915. The van der Waals surface area contributed by atoms with E-state index in [1.807, 2.05) is 25.1 Å². The summed E-state index contributed by atoms with van der Waals surface area (Å²) in [7, 11) is 0. The minimum atomic E-state index is -0.998. The number of rotatable bonds is 6. The molecular weight excluding hydrogens is 366 g/mol. The highest BCUT2D eigenvalue weighted by Gasteiger charge is 2.10. The number of carbonyl (C=O) groups excluding carboxylic acids is 1. The van der Waals surface area contributed by atoms with Crippen LogP contribution in [-0.2, 0) is 4.79 Å². The number of ether oxygens (including phenoxy) is 1. The maximum Gasteiger partial charge on any atom is 0.234 e. The summed E-state index contributed by atoms with van der Waals surface area (Å²) in [6.07, 6.45) is 0. The number of fused-ring (bicyclic) bond motifs is 1. The summed E-state index contributed by atoms with van der Waals surface area (Å²) in [5.74, 6) is -1.36. The normalized spacial score (nSPS) is 10.8. The predicted molar refractivity (Wildman–Crippen MR) is 96.5 cm³/mol. The molecule has 0 radical (unpaired) electrons. The average Bonchev–Trinajstić information content (AvgIpc) is 2.99. The molecule has 0 unspecified atom stereocenters. The van der Waals surface area contributed by atoms with Gasteiger partial charge in [-0.15, -0.1) is 11.3 Å². The van der Waals surface area contributed by atoms with Gasteiger partial charge in [-0.2, -0.15) is 0 Å². The van der Waals surface area contributed by atoms with Crippen molar-refractivity contribution in [1.29, 1.82) is 0 Å². The van der Waals surface area contributed by atoms with Gasteiger partial charge in [0.2, 0.25) is 5.91 Å². The van der Waals surface area contributed by atoms with E-state index in [0.717, 1.165) is 32.4 Å². The molecule has 0 aliphatic carbocycles. The summed E-state index contributed by atoms with van der Waals surface area (Å²) in [5, 5.41) is 2.53. The Morgan fingerprint density at radius 2 is 2.08 bits per heavy atom. The second-order valence-electron chi connectivity index (χ2n) is 5.01. The van der Waals surface area contributed by atoms with Gasteiger partial charge in [0.05, 0.1) is 22.6 Å². The van der Waals surface area contributed by atoms with Gasteiger partial charge in [-0.3, -0.25) is 4.79 Å². The van der Waals surface area contributed by atoms with Crippen LogP contribution in [0.4, 0.5) is 14.5 Å². The van der Waals surface area contributed by atoms with E-state index in [-0.39, 0.29) is 17.3 Å². The molecule has 8 heteroatoms. The van der Waals surface area contributed by atoms with Crippen molar-refractivity contribution in [2.24, 2.45) is 0 Å². The lowest BCUT2D eigenvalue weighted by Crippen LogP contribution is -2.14. The summed E-state index contributed by atoms with van der Waals surface area (Å²) in [6, 6.07) is 8.89. The number of amides is 1. The highest BCUT2D eigenvalue weighted by atomic mass is 32.2.